The lowest BCUT2D eigenvalue weighted by Gasteiger charge is -2.23. The van der Waals surface area contributed by atoms with E-state index >= 15 is 0 Å². The van der Waals surface area contributed by atoms with Crippen LogP contribution in [0, 0.1) is 0 Å². The summed E-state index contributed by atoms with van der Waals surface area (Å²) in [6, 6.07) is 5.28. The van der Waals surface area contributed by atoms with Crippen LogP contribution in [0.25, 0.3) is 0 Å². The summed E-state index contributed by atoms with van der Waals surface area (Å²) in [5, 5.41) is 16.1. The maximum absolute atomic E-state index is 12.0. The summed E-state index contributed by atoms with van der Waals surface area (Å²) < 4.78 is 10.4. The van der Waals surface area contributed by atoms with E-state index in [0.717, 1.165) is 31.0 Å². The predicted octanol–water partition coefficient (Wildman–Crippen LogP) is 2.47. The van der Waals surface area contributed by atoms with Crippen LogP contribution in [-0.4, -0.2) is 60.4 Å². The van der Waals surface area contributed by atoms with Crippen LogP contribution in [0.1, 0.15) is 39.7 Å². The molecule has 1 aromatic rings. The van der Waals surface area contributed by atoms with Gasteiger partial charge in [-0.2, -0.15) is 0 Å². The van der Waals surface area contributed by atoms with Crippen LogP contribution < -0.4 is 15.4 Å². The molecule has 1 aromatic carbocycles. The molecule has 156 valence electrons. The first-order valence-electron chi connectivity index (χ1n) is 9.60. The minimum Gasteiger partial charge on any atom is -0.504 e. The lowest BCUT2D eigenvalue weighted by Crippen LogP contribution is -2.44. The number of amides is 1. The van der Waals surface area contributed by atoms with Gasteiger partial charge in [-0.25, -0.2) is 9.79 Å². The highest BCUT2D eigenvalue weighted by atomic mass is 16.6. The number of carbonyl (C=O) groups is 1. The van der Waals surface area contributed by atoms with Crippen LogP contribution in [0.3, 0.4) is 0 Å². The molecule has 3 N–H and O–H groups in total. The third kappa shape index (κ3) is 6.51. The van der Waals surface area contributed by atoms with Gasteiger partial charge in [0.1, 0.15) is 5.60 Å². The summed E-state index contributed by atoms with van der Waals surface area (Å²) in [6.07, 6.45) is 0.433. The number of aliphatic imine (C=N–C) groups is 1. The molecule has 1 atom stereocenters. The average molecular weight is 393 g/mol. The van der Waals surface area contributed by atoms with Crippen molar-refractivity contribution in [2.75, 3.05) is 26.7 Å². The van der Waals surface area contributed by atoms with E-state index in [-0.39, 0.29) is 11.8 Å². The number of rotatable bonds is 5. The second-order valence-corrected chi connectivity index (χ2v) is 7.75. The van der Waals surface area contributed by atoms with Gasteiger partial charge in [0, 0.05) is 19.6 Å². The minimum atomic E-state index is -0.511. The molecule has 1 unspecified atom stereocenters. The summed E-state index contributed by atoms with van der Waals surface area (Å²) in [5.41, 5.74) is 0.374. The molecular weight excluding hydrogens is 360 g/mol. The van der Waals surface area contributed by atoms with Gasteiger partial charge in [-0.15, -0.1) is 0 Å². The summed E-state index contributed by atoms with van der Waals surface area (Å²) in [7, 11) is 1.52. The van der Waals surface area contributed by atoms with Gasteiger partial charge >= 0.3 is 6.09 Å². The quantitative estimate of drug-likeness (QED) is 0.526. The predicted molar refractivity (Wildman–Crippen MR) is 109 cm³/mol. The maximum atomic E-state index is 12.0. The number of phenols is 1. The molecule has 1 aliphatic heterocycles. The van der Waals surface area contributed by atoms with Crippen LogP contribution in [-0.2, 0) is 11.3 Å². The molecule has 0 bridgehead atoms. The Hall–Kier alpha value is -2.64. The number of guanidine groups is 1. The van der Waals surface area contributed by atoms with Gasteiger partial charge < -0.3 is 30.1 Å². The molecule has 1 amide bonds. The Kier molecular flexibility index (Phi) is 7.37. The smallest absolute Gasteiger partial charge is 0.407 e. The standard InChI is InChI=1S/C20H32N4O4/c1-6-21-18(22-12-14-7-8-17(27-5)16(25)11-14)24-10-9-15(13-24)23-19(26)28-20(2,3)4/h7-8,11,15,25H,6,9-10,12-13H2,1-5H3,(H,21,22)(H,23,26). The first kappa shape index (κ1) is 21.7. The van der Waals surface area contributed by atoms with Gasteiger partial charge in [0.15, 0.2) is 17.5 Å². The van der Waals surface area contributed by atoms with Crippen LogP contribution in [0.4, 0.5) is 4.79 Å². The van der Waals surface area contributed by atoms with Crippen LogP contribution in [0.5, 0.6) is 11.5 Å². The molecule has 0 aliphatic carbocycles. The number of ether oxygens (including phenoxy) is 2. The number of nitrogens with zero attached hydrogens (tertiary/aromatic N) is 2. The van der Waals surface area contributed by atoms with Crippen LogP contribution >= 0.6 is 0 Å². The monoisotopic (exact) mass is 392 g/mol. The number of likely N-dealkylation sites (tertiary alicyclic amines) is 1. The van der Waals surface area contributed by atoms with Crippen molar-refractivity contribution in [1.29, 1.82) is 0 Å². The molecule has 1 fully saturated rings. The molecule has 1 heterocycles. The number of aromatic hydroxyl groups is 1. The average Bonchev–Trinajstić information content (AvgIpc) is 3.05. The van der Waals surface area contributed by atoms with Crippen molar-refractivity contribution in [1.82, 2.24) is 15.5 Å². The lowest BCUT2D eigenvalue weighted by atomic mass is 10.2. The van der Waals surface area contributed by atoms with Crippen molar-refractivity contribution < 1.29 is 19.4 Å². The topological polar surface area (TPSA) is 95.4 Å². The van der Waals surface area contributed by atoms with E-state index in [1.54, 1.807) is 12.1 Å². The highest BCUT2D eigenvalue weighted by Gasteiger charge is 2.27. The molecule has 8 heteroatoms. The molecule has 0 spiro atoms. The van der Waals surface area contributed by atoms with Gasteiger partial charge in [0.25, 0.3) is 0 Å². The van der Waals surface area contributed by atoms with Crippen molar-refractivity contribution in [3.63, 3.8) is 0 Å². The Bertz CT molecular complexity index is 700. The summed E-state index contributed by atoms with van der Waals surface area (Å²) in [5.74, 6) is 1.32. The zero-order chi connectivity index (χ0) is 20.7. The Labute approximate surface area is 166 Å². The molecule has 8 nitrogen and oxygen atoms in total. The van der Waals surface area contributed by atoms with Crippen LogP contribution in [0.15, 0.2) is 23.2 Å². The Morgan fingerprint density at radius 3 is 2.75 bits per heavy atom. The maximum Gasteiger partial charge on any atom is 0.407 e. The van der Waals surface area contributed by atoms with E-state index in [1.807, 2.05) is 33.8 Å². The van der Waals surface area contributed by atoms with E-state index in [9.17, 15) is 9.90 Å². The molecule has 0 radical (unpaired) electrons. The first-order valence-corrected chi connectivity index (χ1v) is 9.60. The lowest BCUT2D eigenvalue weighted by molar-refractivity contribution is 0.0507. The molecule has 1 aliphatic rings. The van der Waals surface area contributed by atoms with Crippen molar-refractivity contribution in [2.45, 2.75) is 52.3 Å². The largest absolute Gasteiger partial charge is 0.504 e. The highest BCUT2D eigenvalue weighted by Crippen LogP contribution is 2.26. The number of hydrogen-bond donors (Lipinski definition) is 3. The number of nitrogens with one attached hydrogen (secondary N) is 2. The Balaban J connectivity index is 1.97. The van der Waals surface area contributed by atoms with Gasteiger partial charge in [0.05, 0.1) is 19.7 Å². The SMILES string of the molecule is CCNC(=NCc1ccc(OC)c(O)c1)N1CCC(NC(=O)OC(C)(C)C)C1. The van der Waals surface area contributed by atoms with Gasteiger partial charge in [0.2, 0.25) is 0 Å². The number of methoxy groups -OCH3 is 1. The Morgan fingerprint density at radius 1 is 1.39 bits per heavy atom. The number of carbonyl (C=O) groups excluding carboxylic acids is 1. The van der Waals surface area contributed by atoms with Crippen LogP contribution in [0.2, 0.25) is 0 Å². The second-order valence-electron chi connectivity index (χ2n) is 7.75. The number of benzene rings is 1. The normalized spacial score (nSPS) is 17.4. The molecule has 0 aromatic heterocycles. The Morgan fingerprint density at radius 2 is 2.14 bits per heavy atom. The number of alkyl carbamates (subject to hydrolysis) is 1. The van der Waals surface area contributed by atoms with E-state index in [1.165, 1.54) is 7.11 Å². The van der Waals surface area contributed by atoms with E-state index in [2.05, 4.69) is 20.5 Å². The van der Waals surface area contributed by atoms with Gasteiger partial charge in [-0.1, -0.05) is 6.07 Å². The third-order valence-electron chi connectivity index (χ3n) is 4.20. The summed E-state index contributed by atoms with van der Waals surface area (Å²) >= 11 is 0. The third-order valence-corrected chi connectivity index (χ3v) is 4.20. The number of hydrogen-bond acceptors (Lipinski definition) is 5. The molecule has 1 saturated heterocycles. The van der Waals surface area contributed by atoms with Crippen molar-refractivity contribution in [3.05, 3.63) is 23.8 Å². The van der Waals surface area contributed by atoms with E-state index < -0.39 is 11.7 Å². The first-order chi connectivity index (χ1) is 13.2. The fraction of sp³-hybridized carbons (Fsp3) is 0.600. The summed E-state index contributed by atoms with van der Waals surface area (Å²) in [4.78, 5) is 18.8. The minimum absolute atomic E-state index is 0.0173. The van der Waals surface area contributed by atoms with E-state index in [4.69, 9.17) is 9.47 Å². The van der Waals surface area contributed by atoms with Crippen molar-refractivity contribution >= 4 is 12.1 Å². The van der Waals surface area contributed by atoms with Gasteiger partial charge in [-0.05, 0) is 51.8 Å². The summed E-state index contributed by atoms with van der Waals surface area (Å²) in [6.45, 7) is 10.2. The molecule has 0 saturated carbocycles. The molecule has 2 rings (SSSR count). The van der Waals surface area contributed by atoms with Crippen molar-refractivity contribution in [3.8, 4) is 11.5 Å². The zero-order valence-corrected chi connectivity index (χ0v) is 17.4. The number of phenolic OH excluding ortho intramolecular Hbond substituents is 1. The molecule has 28 heavy (non-hydrogen) atoms. The van der Waals surface area contributed by atoms with Gasteiger partial charge in [-0.3, -0.25) is 0 Å². The fourth-order valence-electron chi connectivity index (χ4n) is 2.97. The second kappa shape index (κ2) is 9.52. The zero-order valence-electron chi connectivity index (χ0n) is 17.4. The fourth-order valence-corrected chi connectivity index (χ4v) is 2.97. The van der Waals surface area contributed by atoms with E-state index in [0.29, 0.717) is 18.8 Å². The van der Waals surface area contributed by atoms with Crippen molar-refractivity contribution in [2.24, 2.45) is 4.99 Å². The molecular formula is C20H32N4O4. The highest BCUT2D eigenvalue weighted by molar-refractivity contribution is 5.80.